The second-order valence-corrected chi connectivity index (χ2v) is 7.90. The molecule has 1 aromatic carbocycles. The molecule has 2 aliphatic heterocycles. The van der Waals surface area contributed by atoms with Crippen LogP contribution in [0.1, 0.15) is 26.2 Å². The third-order valence-corrected chi connectivity index (χ3v) is 5.53. The summed E-state index contributed by atoms with van der Waals surface area (Å²) >= 11 is 6.84. The van der Waals surface area contributed by atoms with Gasteiger partial charge in [-0.2, -0.15) is 0 Å². The van der Waals surface area contributed by atoms with Gasteiger partial charge in [-0.1, -0.05) is 22.9 Å². The monoisotopic (exact) mass is 428 g/mol. The van der Waals surface area contributed by atoms with Crippen LogP contribution in [0.15, 0.2) is 27.1 Å². The Balaban J connectivity index is 1.85. The number of hydrogen-bond donors (Lipinski definition) is 0. The first-order valence-electron chi connectivity index (χ1n) is 7.53. The van der Waals surface area contributed by atoms with Crippen LogP contribution in [-0.2, 0) is 9.59 Å². The Labute approximate surface area is 147 Å². The molecule has 0 radical (unpaired) electrons. The van der Waals surface area contributed by atoms with Crippen molar-refractivity contribution in [3.63, 3.8) is 0 Å². The van der Waals surface area contributed by atoms with Crippen LogP contribution >= 0.6 is 31.9 Å². The third kappa shape index (κ3) is 3.01. The van der Waals surface area contributed by atoms with Gasteiger partial charge in [-0.05, 0) is 59.4 Å². The van der Waals surface area contributed by atoms with Crippen LogP contribution in [0, 0.1) is 5.92 Å². The normalized spacial score (nSPS) is 26.8. The number of likely N-dealkylation sites (tertiary alicyclic amines) is 1. The van der Waals surface area contributed by atoms with Crippen molar-refractivity contribution in [1.29, 1.82) is 0 Å². The van der Waals surface area contributed by atoms with Crippen molar-refractivity contribution in [2.24, 2.45) is 5.92 Å². The van der Waals surface area contributed by atoms with E-state index in [0.717, 1.165) is 28.5 Å². The van der Waals surface area contributed by atoms with E-state index in [1.54, 1.807) is 6.07 Å². The average molecular weight is 430 g/mol. The number of carbonyl (C=O) groups is 2. The molecule has 0 saturated carbocycles. The zero-order valence-electron chi connectivity index (χ0n) is 12.4. The molecule has 2 fully saturated rings. The van der Waals surface area contributed by atoms with Gasteiger partial charge in [0.25, 0.3) is 5.91 Å². The molecule has 2 saturated heterocycles. The van der Waals surface area contributed by atoms with E-state index in [1.165, 1.54) is 11.3 Å². The van der Waals surface area contributed by atoms with Crippen molar-refractivity contribution in [2.45, 2.75) is 32.2 Å². The quantitative estimate of drug-likeness (QED) is 0.674. The van der Waals surface area contributed by atoms with Gasteiger partial charge >= 0.3 is 0 Å². The van der Waals surface area contributed by atoms with Gasteiger partial charge in [-0.15, -0.1) is 0 Å². The Hall–Kier alpha value is -0.720. The molecule has 0 aliphatic carbocycles. The number of benzene rings is 1. The van der Waals surface area contributed by atoms with Crippen LogP contribution in [0.4, 0.5) is 5.69 Å². The van der Waals surface area contributed by atoms with Crippen molar-refractivity contribution in [3.05, 3.63) is 27.1 Å². The first kappa shape index (κ1) is 16.1. The van der Waals surface area contributed by atoms with E-state index < -0.39 is 0 Å². The smallest absolute Gasteiger partial charge is 0.251 e. The summed E-state index contributed by atoms with van der Waals surface area (Å²) in [6.45, 7) is 4.01. The van der Waals surface area contributed by atoms with Crippen LogP contribution in [0.3, 0.4) is 0 Å². The number of imide groups is 1. The van der Waals surface area contributed by atoms with Gasteiger partial charge in [0, 0.05) is 15.5 Å². The minimum atomic E-state index is -0.300. The Morgan fingerprint density at radius 3 is 2.68 bits per heavy atom. The van der Waals surface area contributed by atoms with E-state index in [4.69, 9.17) is 0 Å². The van der Waals surface area contributed by atoms with Gasteiger partial charge in [0.15, 0.2) is 0 Å². The molecular weight excluding hydrogens is 412 g/mol. The second kappa shape index (κ2) is 6.42. The summed E-state index contributed by atoms with van der Waals surface area (Å²) in [4.78, 5) is 28.7. The zero-order valence-corrected chi connectivity index (χ0v) is 15.6. The fourth-order valence-corrected chi connectivity index (χ4v) is 4.55. The fourth-order valence-electron chi connectivity index (χ4n) is 3.33. The summed E-state index contributed by atoms with van der Waals surface area (Å²) in [6.07, 6.45) is 2.59. The van der Waals surface area contributed by atoms with E-state index >= 15 is 0 Å². The summed E-state index contributed by atoms with van der Waals surface area (Å²) in [5.74, 6) is 0.378. The predicted octanol–water partition coefficient (Wildman–Crippen LogP) is 3.58. The third-order valence-electron chi connectivity index (χ3n) is 4.40. The molecule has 2 aliphatic rings. The summed E-state index contributed by atoms with van der Waals surface area (Å²) in [5.41, 5.74) is 0.630. The second-order valence-electron chi connectivity index (χ2n) is 6.13. The molecule has 0 unspecified atom stereocenters. The summed E-state index contributed by atoms with van der Waals surface area (Å²) < 4.78 is 1.65. The number of halogens is 2. The number of nitrogens with zero attached hydrogens (tertiary/aromatic N) is 2. The van der Waals surface area contributed by atoms with E-state index in [9.17, 15) is 9.59 Å². The van der Waals surface area contributed by atoms with Gasteiger partial charge in [0.05, 0.1) is 18.2 Å². The van der Waals surface area contributed by atoms with Crippen molar-refractivity contribution in [1.82, 2.24) is 4.90 Å². The Morgan fingerprint density at radius 1 is 1.23 bits per heavy atom. The molecule has 1 aromatic rings. The maximum atomic E-state index is 12.8. The number of amides is 2. The molecule has 0 bridgehead atoms. The van der Waals surface area contributed by atoms with Crippen molar-refractivity contribution < 1.29 is 9.59 Å². The van der Waals surface area contributed by atoms with E-state index in [1.807, 2.05) is 12.1 Å². The van der Waals surface area contributed by atoms with Crippen molar-refractivity contribution in [2.75, 3.05) is 18.0 Å². The van der Waals surface area contributed by atoms with Crippen LogP contribution in [0.5, 0.6) is 0 Å². The molecule has 3 rings (SSSR count). The molecule has 4 nitrogen and oxygen atoms in total. The molecule has 6 heteroatoms. The van der Waals surface area contributed by atoms with E-state index in [-0.39, 0.29) is 24.3 Å². The fraction of sp³-hybridized carbons (Fsp3) is 0.500. The first-order chi connectivity index (χ1) is 10.5. The zero-order chi connectivity index (χ0) is 15.9. The average Bonchev–Trinajstić information content (AvgIpc) is 2.75. The lowest BCUT2D eigenvalue weighted by Gasteiger charge is -2.34. The lowest BCUT2D eigenvalue weighted by molar-refractivity contribution is -0.123. The summed E-state index contributed by atoms with van der Waals surface area (Å²) in [6, 6.07) is 5.19. The minimum Gasteiger partial charge on any atom is -0.291 e. The summed E-state index contributed by atoms with van der Waals surface area (Å²) in [5, 5.41) is 0. The number of carbonyl (C=O) groups excluding carboxylic acids is 2. The number of piperidine rings is 1. The van der Waals surface area contributed by atoms with Crippen LogP contribution in [0.25, 0.3) is 0 Å². The standard InChI is InChI=1S/C16H18Br2N2O2/c1-10-3-2-6-19(9-10)14-8-15(21)20(16(14)22)13-5-4-11(17)7-12(13)18/h4-5,7,10,14H,2-3,6,8-9H2,1H3/t10-,14-/m0/s1. The van der Waals surface area contributed by atoms with Crippen LogP contribution < -0.4 is 4.90 Å². The van der Waals surface area contributed by atoms with Crippen LogP contribution in [0.2, 0.25) is 0 Å². The highest BCUT2D eigenvalue weighted by Gasteiger charge is 2.43. The summed E-state index contributed by atoms with van der Waals surface area (Å²) in [7, 11) is 0. The van der Waals surface area contributed by atoms with Crippen molar-refractivity contribution in [3.8, 4) is 0 Å². The molecule has 2 amide bonds. The SMILES string of the molecule is C[C@H]1CCCN([C@H]2CC(=O)N(c3ccc(Br)cc3Br)C2=O)C1. The Kier molecular flexibility index (Phi) is 4.71. The molecule has 22 heavy (non-hydrogen) atoms. The number of anilines is 1. The van der Waals surface area contributed by atoms with Gasteiger partial charge in [0.1, 0.15) is 0 Å². The highest BCUT2D eigenvalue weighted by molar-refractivity contribution is 9.11. The first-order valence-corrected chi connectivity index (χ1v) is 9.12. The topological polar surface area (TPSA) is 40.6 Å². The molecule has 2 heterocycles. The Morgan fingerprint density at radius 2 is 2.00 bits per heavy atom. The van der Waals surface area contributed by atoms with Gasteiger partial charge in [-0.3, -0.25) is 14.5 Å². The van der Waals surface area contributed by atoms with Gasteiger partial charge in [-0.25, -0.2) is 4.90 Å². The highest BCUT2D eigenvalue weighted by atomic mass is 79.9. The lowest BCUT2D eigenvalue weighted by atomic mass is 9.98. The molecule has 118 valence electrons. The maximum absolute atomic E-state index is 12.8. The predicted molar refractivity (Wildman–Crippen MR) is 92.7 cm³/mol. The van der Waals surface area contributed by atoms with E-state index in [2.05, 4.69) is 43.7 Å². The number of rotatable bonds is 2. The van der Waals surface area contributed by atoms with Gasteiger partial charge < -0.3 is 0 Å². The molecule has 0 aromatic heterocycles. The molecule has 2 atom stereocenters. The van der Waals surface area contributed by atoms with E-state index in [0.29, 0.717) is 11.6 Å². The van der Waals surface area contributed by atoms with Gasteiger partial charge in [0.2, 0.25) is 5.91 Å². The lowest BCUT2D eigenvalue weighted by Crippen LogP contribution is -2.46. The van der Waals surface area contributed by atoms with Crippen molar-refractivity contribution >= 4 is 49.4 Å². The largest absolute Gasteiger partial charge is 0.291 e. The minimum absolute atomic E-state index is 0.0953. The highest BCUT2D eigenvalue weighted by Crippen LogP contribution is 2.34. The number of hydrogen-bond acceptors (Lipinski definition) is 3. The Bertz CT molecular complexity index is 620. The molecule has 0 spiro atoms. The molecule has 0 N–H and O–H groups in total. The van der Waals surface area contributed by atoms with Crippen LogP contribution in [-0.4, -0.2) is 35.8 Å². The maximum Gasteiger partial charge on any atom is 0.251 e. The molecular formula is C16H18Br2N2O2.